The third-order valence-electron chi connectivity index (χ3n) is 3.83. The van der Waals surface area contributed by atoms with Crippen LogP contribution in [0, 0.1) is 5.92 Å². The summed E-state index contributed by atoms with van der Waals surface area (Å²) in [5.41, 5.74) is 1.53. The smallest absolute Gasteiger partial charge is 0.316 e. The summed E-state index contributed by atoms with van der Waals surface area (Å²) in [7, 11) is 5.11. The molecule has 1 aromatic rings. The molecule has 0 aromatic heterocycles. The van der Waals surface area contributed by atoms with Crippen LogP contribution in [0.15, 0.2) is 24.3 Å². The van der Waals surface area contributed by atoms with E-state index < -0.39 is 11.9 Å². The quantitative estimate of drug-likeness (QED) is 0.614. The van der Waals surface area contributed by atoms with E-state index in [1.54, 1.807) is 12.1 Å². The Morgan fingerprint density at radius 2 is 1.86 bits per heavy atom. The SMILES string of the molecule is COC(=O)C1CCN(C(=O)c2ccc(N(C)C)cc2)CC1=O. The van der Waals surface area contributed by atoms with Crippen LogP contribution in [0.1, 0.15) is 16.8 Å². The standard InChI is InChI=1S/C16H20N2O4/c1-17(2)12-6-4-11(5-7-12)15(20)18-9-8-13(14(19)10-18)16(21)22-3/h4-7,13H,8-10H2,1-3H3. The maximum Gasteiger partial charge on any atom is 0.316 e. The van der Waals surface area contributed by atoms with Crippen molar-refractivity contribution in [3.63, 3.8) is 0 Å². The van der Waals surface area contributed by atoms with Crippen molar-refractivity contribution in [1.29, 1.82) is 0 Å². The molecule has 1 heterocycles. The van der Waals surface area contributed by atoms with Crippen LogP contribution >= 0.6 is 0 Å². The first-order valence-corrected chi connectivity index (χ1v) is 7.11. The third kappa shape index (κ3) is 3.27. The van der Waals surface area contributed by atoms with Crippen LogP contribution in [0.5, 0.6) is 0 Å². The van der Waals surface area contributed by atoms with Crippen LogP contribution in [0.4, 0.5) is 5.69 Å². The molecule has 0 aliphatic carbocycles. The van der Waals surface area contributed by atoms with Gasteiger partial charge in [-0.05, 0) is 30.7 Å². The minimum atomic E-state index is -0.745. The fourth-order valence-corrected chi connectivity index (χ4v) is 2.47. The van der Waals surface area contributed by atoms with Crippen LogP contribution in [-0.2, 0) is 14.3 Å². The number of Topliss-reactive ketones (excluding diaryl/α,β-unsaturated/α-hetero) is 1. The number of anilines is 1. The van der Waals surface area contributed by atoms with Crippen molar-refractivity contribution in [2.24, 2.45) is 5.92 Å². The number of amides is 1. The van der Waals surface area contributed by atoms with Crippen molar-refractivity contribution in [2.45, 2.75) is 6.42 Å². The van der Waals surface area contributed by atoms with E-state index in [2.05, 4.69) is 4.74 Å². The molecule has 1 atom stereocenters. The molecular weight excluding hydrogens is 284 g/mol. The first kappa shape index (κ1) is 16.0. The molecule has 6 nitrogen and oxygen atoms in total. The third-order valence-corrected chi connectivity index (χ3v) is 3.83. The molecule has 1 aliphatic heterocycles. The van der Waals surface area contributed by atoms with Gasteiger partial charge >= 0.3 is 5.97 Å². The molecule has 1 aliphatic rings. The predicted molar refractivity (Wildman–Crippen MR) is 81.8 cm³/mol. The zero-order valence-electron chi connectivity index (χ0n) is 13.0. The Bertz CT molecular complexity index is 580. The first-order valence-electron chi connectivity index (χ1n) is 7.11. The number of carbonyl (C=O) groups excluding carboxylic acids is 3. The average Bonchev–Trinajstić information content (AvgIpc) is 2.53. The maximum absolute atomic E-state index is 12.4. The summed E-state index contributed by atoms with van der Waals surface area (Å²) in [6.45, 7) is 0.327. The highest BCUT2D eigenvalue weighted by molar-refractivity contribution is 6.04. The molecule has 1 unspecified atom stereocenters. The number of ether oxygens (including phenoxy) is 1. The number of nitrogens with zero attached hydrogens (tertiary/aromatic N) is 2. The number of piperidine rings is 1. The van der Waals surface area contributed by atoms with Crippen molar-refractivity contribution in [2.75, 3.05) is 39.2 Å². The first-order chi connectivity index (χ1) is 10.4. The topological polar surface area (TPSA) is 66.9 Å². The Hall–Kier alpha value is -2.37. The van der Waals surface area contributed by atoms with E-state index in [4.69, 9.17) is 0 Å². The number of carbonyl (C=O) groups is 3. The molecular formula is C16H20N2O4. The molecule has 0 spiro atoms. The van der Waals surface area contributed by atoms with E-state index in [9.17, 15) is 14.4 Å². The maximum atomic E-state index is 12.4. The molecule has 2 rings (SSSR count). The van der Waals surface area contributed by atoms with Gasteiger partial charge in [-0.1, -0.05) is 0 Å². The number of hydrogen-bond acceptors (Lipinski definition) is 5. The van der Waals surface area contributed by atoms with Crippen LogP contribution in [0.2, 0.25) is 0 Å². The molecule has 1 aromatic carbocycles. The lowest BCUT2D eigenvalue weighted by Crippen LogP contribution is -2.46. The van der Waals surface area contributed by atoms with Gasteiger partial charge in [-0.25, -0.2) is 0 Å². The van der Waals surface area contributed by atoms with Gasteiger partial charge in [0, 0.05) is 31.9 Å². The van der Waals surface area contributed by atoms with Gasteiger partial charge in [-0.15, -0.1) is 0 Å². The molecule has 0 N–H and O–H groups in total. The summed E-state index contributed by atoms with van der Waals surface area (Å²) in [4.78, 5) is 39.3. The van der Waals surface area contributed by atoms with Crippen molar-refractivity contribution in [1.82, 2.24) is 4.90 Å². The minimum Gasteiger partial charge on any atom is -0.468 e. The van der Waals surface area contributed by atoms with E-state index in [0.717, 1.165) is 5.69 Å². The highest BCUT2D eigenvalue weighted by Gasteiger charge is 2.35. The molecule has 0 saturated carbocycles. The Morgan fingerprint density at radius 1 is 1.23 bits per heavy atom. The number of ketones is 1. The van der Waals surface area contributed by atoms with Crippen LogP contribution in [-0.4, -0.2) is 56.9 Å². The fraction of sp³-hybridized carbons (Fsp3) is 0.438. The van der Waals surface area contributed by atoms with E-state index in [0.29, 0.717) is 18.5 Å². The average molecular weight is 304 g/mol. The predicted octanol–water partition coefficient (Wildman–Crippen LogP) is 0.957. The van der Waals surface area contributed by atoms with Crippen molar-refractivity contribution < 1.29 is 19.1 Å². The number of methoxy groups -OCH3 is 1. The van der Waals surface area contributed by atoms with Gasteiger partial charge in [0.15, 0.2) is 5.78 Å². The highest BCUT2D eigenvalue weighted by Crippen LogP contribution is 2.19. The van der Waals surface area contributed by atoms with Gasteiger partial charge in [0.25, 0.3) is 5.91 Å². The number of likely N-dealkylation sites (tertiary alicyclic amines) is 1. The van der Waals surface area contributed by atoms with E-state index >= 15 is 0 Å². The number of rotatable bonds is 3. The number of hydrogen-bond donors (Lipinski definition) is 0. The van der Waals surface area contributed by atoms with Crippen molar-refractivity contribution >= 4 is 23.3 Å². The van der Waals surface area contributed by atoms with Gasteiger partial charge in [0.2, 0.25) is 0 Å². The Kier molecular flexibility index (Phi) is 4.80. The Morgan fingerprint density at radius 3 is 2.36 bits per heavy atom. The lowest BCUT2D eigenvalue weighted by atomic mass is 9.95. The van der Waals surface area contributed by atoms with E-state index in [1.165, 1.54) is 12.0 Å². The summed E-state index contributed by atoms with van der Waals surface area (Å²) in [6, 6.07) is 7.20. The van der Waals surface area contributed by atoms with Gasteiger partial charge in [0.05, 0.1) is 13.7 Å². The molecule has 6 heteroatoms. The summed E-state index contributed by atoms with van der Waals surface area (Å²) in [5.74, 6) is -1.73. The molecule has 22 heavy (non-hydrogen) atoms. The number of esters is 1. The fourth-order valence-electron chi connectivity index (χ4n) is 2.47. The Balaban J connectivity index is 2.05. The van der Waals surface area contributed by atoms with Crippen LogP contribution < -0.4 is 4.90 Å². The molecule has 118 valence electrons. The zero-order chi connectivity index (χ0) is 16.3. The lowest BCUT2D eigenvalue weighted by Gasteiger charge is -2.29. The van der Waals surface area contributed by atoms with Gasteiger partial charge < -0.3 is 14.5 Å². The molecule has 0 bridgehead atoms. The van der Waals surface area contributed by atoms with Crippen molar-refractivity contribution in [3.05, 3.63) is 29.8 Å². The summed E-state index contributed by atoms with van der Waals surface area (Å²) in [5, 5.41) is 0. The lowest BCUT2D eigenvalue weighted by molar-refractivity contribution is -0.151. The molecule has 1 amide bonds. The zero-order valence-corrected chi connectivity index (χ0v) is 13.0. The summed E-state index contributed by atoms with van der Waals surface area (Å²) >= 11 is 0. The second kappa shape index (κ2) is 6.60. The monoisotopic (exact) mass is 304 g/mol. The van der Waals surface area contributed by atoms with Crippen molar-refractivity contribution in [3.8, 4) is 0 Å². The van der Waals surface area contributed by atoms with Gasteiger partial charge in [-0.2, -0.15) is 0 Å². The largest absolute Gasteiger partial charge is 0.468 e. The second-order valence-corrected chi connectivity index (χ2v) is 5.50. The minimum absolute atomic E-state index is 0.0476. The van der Waals surface area contributed by atoms with E-state index in [-0.39, 0.29) is 18.2 Å². The normalized spacial score (nSPS) is 18.0. The summed E-state index contributed by atoms with van der Waals surface area (Å²) < 4.78 is 4.61. The Labute approximate surface area is 129 Å². The molecule has 1 saturated heterocycles. The number of benzene rings is 1. The second-order valence-electron chi connectivity index (χ2n) is 5.50. The molecule has 1 fully saturated rings. The van der Waals surface area contributed by atoms with Gasteiger partial charge in [0.1, 0.15) is 5.92 Å². The highest BCUT2D eigenvalue weighted by atomic mass is 16.5. The van der Waals surface area contributed by atoms with Crippen LogP contribution in [0.25, 0.3) is 0 Å². The van der Waals surface area contributed by atoms with Gasteiger partial charge in [-0.3, -0.25) is 14.4 Å². The molecule has 0 radical (unpaired) electrons. The van der Waals surface area contributed by atoms with E-state index in [1.807, 2.05) is 31.1 Å². The van der Waals surface area contributed by atoms with Crippen LogP contribution in [0.3, 0.4) is 0 Å². The summed E-state index contributed by atoms with van der Waals surface area (Å²) in [6.07, 6.45) is 0.313.